The van der Waals surface area contributed by atoms with Crippen LogP contribution < -0.4 is 5.32 Å². The van der Waals surface area contributed by atoms with Crippen LogP contribution in [0.3, 0.4) is 0 Å². The SMILES string of the molecule is CCC1NC(=O)c2nc(C)nc(C(=O)OC)c21. The Kier molecular flexibility index (Phi) is 2.79. The van der Waals surface area contributed by atoms with Crippen molar-refractivity contribution in [1.29, 1.82) is 0 Å². The lowest BCUT2D eigenvalue weighted by molar-refractivity contribution is 0.0591. The van der Waals surface area contributed by atoms with Gasteiger partial charge in [0.15, 0.2) is 5.69 Å². The second-order valence-corrected chi connectivity index (χ2v) is 3.81. The molecule has 1 atom stereocenters. The van der Waals surface area contributed by atoms with Gasteiger partial charge in [-0.15, -0.1) is 0 Å². The lowest BCUT2D eigenvalue weighted by atomic mass is 10.0. The summed E-state index contributed by atoms with van der Waals surface area (Å²) < 4.78 is 4.68. The Balaban J connectivity index is 2.65. The molecule has 2 rings (SSSR count). The summed E-state index contributed by atoms with van der Waals surface area (Å²) in [5, 5.41) is 2.77. The van der Waals surface area contributed by atoms with E-state index in [1.807, 2.05) is 6.92 Å². The van der Waals surface area contributed by atoms with Crippen LogP contribution in [0.1, 0.15) is 51.8 Å². The first-order valence-corrected chi connectivity index (χ1v) is 5.36. The number of fused-ring (bicyclic) bond motifs is 1. The minimum absolute atomic E-state index is 0.181. The van der Waals surface area contributed by atoms with E-state index < -0.39 is 5.97 Å². The molecule has 6 nitrogen and oxygen atoms in total. The van der Waals surface area contributed by atoms with Crippen molar-refractivity contribution in [2.45, 2.75) is 26.3 Å². The number of esters is 1. The number of carbonyl (C=O) groups is 2. The molecule has 17 heavy (non-hydrogen) atoms. The maximum atomic E-state index is 11.7. The van der Waals surface area contributed by atoms with Crippen LogP contribution in [0.25, 0.3) is 0 Å². The van der Waals surface area contributed by atoms with Gasteiger partial charge in [-0.1, -0.05) is 6.92 Å². The summed E-state index contributed by atoms with van der Waals surface area (Å²) in [5.41, 5.74) is 1.01. The highest BCUT2D eigenvalue weighted by atomic mass is 16.5. The zero-order valence-electron chi connectivity index (χ0n) is 9.90. The lowest BCUT2D eigenvalue weighted by Crippen LogP contribution is -2.19. The number of rotatable bonds is 2. The quantitative estimate of drug-likeness (QED) is 0.765. The smallest absolute Gasteiger partial charge is 0.357 e. The van der Waals surface area contributed by atoms with Crippen LogP contribution in [-0.2, 0) is 4.74 Å². The van der Waals surface area contributed by atoms with Crippen LogP contribution >= 0.6 is 0 Å². The molecule has 1 amide bonds. The van der Waals surface area contributed by atoms with Crippen molar-refractivity contribution in [1.82, 2.24) is 15.3 Å². The molecule has 0 fully saturated rings. The highest BCUT2D eigenvalue weighted by Gasteiger charge is 2.35. The van der Waals surface area contributed by atoms with E-state index >= 15 is 0 Å². The highest BCUT2D eigenvalue weighted by molar-refractivity contribution is 6.01. The van der Waals surface area contributed by atoms with Crippen molar-refractivity contribution in [3.05, 3.63) is 22.8 Å². The molecule has 1 aliphatic rings. The number of carbonyl (C=O) groups excluding carboxylic acids is 2. The summed E-state index contributed by atoms with van der Waals surface area (Å²) in [6.45, 7) is 3.56. The van der Waals surface area contributed by atoms with E-state index in [1.165, 1.54) is 7.11 Å². The largest absolute Gasteiger partial charge is 0.464 e. The zero-order chi connectivity index (χ0) is 12.6. The molecule has 0 aromatic carbocycles. The number of amides is 1. The summed E-state index contributed by atoms with van der Waals surface area (Å²) >= 11 is 0. The van der Waals surface area contributed by atoms with E-state index in [9.17, 15) is 9.59 Å². The van der Waals surface area contributed by atoms with Crippen molar-refractivity contribution in [2.75, 3.05) is 7.11 Å². The van der Waals surface area contributed by atoms with Gasteiger partial charge in [-0.3, -0.25) is 4.79 Å². The van der Waals surface area contributed by atoms with Crippen LogP contribution in [0.15, 0.2) is 0 Å². The fraction of sp³-hybridized carbons (Fsp3) is 0.455. The second-order valence-electron chi connectivity index (χ2n) is 3.81. The van der Waals surface area contributed by atoms with Crippen molar-refractivity contribution in [3.8, 4) is 0 Å². The normalized spacial score (nSPS) is 17.6. The average molecular weight is 235 g/mol. The summed E-state index contributed by atoms with van der Waals surface area (Å²) in [5.74, 6) is -0.416. The van der Waals surface area contributed by atoms with Crippen LogP contribution in [0, 0.1) is 6.92 Å². The van der Waals surface area contributed by atoms with E-state index in [-0.39, 0.29) is 23.3 Å². The molecule has 6 heteroatoms. The number of nitrogens with one attached hydrogen (secondary N) is 1. The predicted octanol–water partition coefficient (Wildman–Crippen LogP) is 0.766. The first-order chi connectivity index (χ1) is 8.08. The average Bonchev–Trinajstić information content (AvgIpc) is 2.64. The maximum absolute atomic E-state index is 11.7. The van der Waals surface area contributed by atoms with Crippen LogP contribution in [0.5, 0.6) is 0 Å². The molecule has 1 unspecified atom stereocenters. The molecule has 1 N–H and O–H groups in total. The number of hydrogen-bond acceptors (Lipinski definition) is 5. The molecular formula is C11H13N3O3. The molecule has 1 aliphatic heterocycles. The van der Waals surface area contributed by atoms with Gasteiger partial charge in [-0.2, -0.15) is 0 Å². The summed E-state index contributed by atoms with van der Waals surface area (Å²) in [6, 6.07) is -0.216. The Labute approximate surface area is 98.4 Å². The topological polar surface area (TPSA) is 81.2 Å². The van der Waals surface area contributed by atoms with Gasteiger partial charge in [0, 0.05) is 5.56 Å². The number of ether oxygens (including phenoxy) is 1. The lowest BCUT2D eigenvalue weighted by Gasteiger charge is -2.11. The van der Waals surface area contributed by atoms with E-state index in [4.69, 9.17) is 0 Å². The summed E-state index contributed by atoms with van der Waals surface area (Å²) in [6.07, 6.45) is 0.676. The molecule has 90 valence electrons. The third kappa shape index (κ3) is 1.75. The number of hydrogen-bond donors (Lipinski definition) is 1. The van der Waals surface area contributed by atoms with E-state index in [1.54, 1.807) is 6.92 Å². The Hall–Kier alpha value is -1.98. The first-order valence-electron chi connectivity index (χ1n) is 5.36. The van der Waals surface area contributed by atoms with Gasteiger partial charge >= 0.3 is 5.97 Å². The van der Waals surface area contributed by atoms with Gasteiger partial charge < -0.3 is 10.1 Å². The van der Waals surface area contributed by atoms with Gasteiger partial charge in [0.1, 0.15) is 11.5 Å². The molecular weight excluding hydrogens is 222 g/mol. The first kappa shape index (κ1) is 11.5. The molecule has 0 radical (unpaired) electrons. The Bertz CT molecular complexity index is 499. The molecule has 0 spiro atoms. The van der Waals surface area contributed by atoms with Crippen molar-refractivity contribution in [2.24, 2.45) is 0 Å². The van der Waals surface area contributed by atoms with Crippen molar-refractivity contribution < 1.29 is 14.3 Å². The van der Waals surface area contributed by atoms with Gasteiger partial charge in [-0.05, 0) is 13.3 Å². The van der Waals surface area contributed by atoms with E-state index in [0.717, 1.165) is 0 Å². The summed E-state index contributed by atoms with van der Waals surface area (Å²) in [4.78, 5) is 31.5. The van der Waals surface area contributed by atoms with Gasteiger partial charge in [-0.25, -0.2) is 14.8 Å². The Morgan fingerprint density at radius 3 is 2.76 bits per heavy atom. The molecule has 2 heterocycles. The Morgan fingerprint density at radius 1 is 1.47 bits per heavy atom. The van der Waals surface area contributed by atoms with Gasteiger partial charge in [0.2, 0.25) is 0 Å². The molecule has 0 aliphatic carbocycles. The molecule has 0 saturated heterocycles. The fourth-order valence-corrected chi connectivity index (χ4v) is 1.94. The third-order valence-corrected chi connectivity index (χ3v) is 2.71. The highest BCUT2D eigenvalue weighted by Crippen LogP contribution is 2.29. The second kappa shape index (κ2) is 4.12. The predicted molar refractivity (Wildman–Crippen MR) is 58.6 cm³/mol. The number of nitrogens with zero attached hydrogens (tertiary/aromatic N) is 2. The van der Waals surface area contributed by atoms with E-state index in [0.29, 0.717) is 17.8 Å². The number of methoxy groups -OCH3 is 1. The Morgan fingerprint density at radius 2 is 2.18 bits per heavy atom. The summed E-state index contributed by atoms with van der Waals surface area (Å²) in [7, 11) is 1.29. The number of aromatic nitrogens is 2. The fourth-order valence-electron chi connectivity index (χ4n) is 1.94. The minimum atomic E-state index is -0.540. The van der Waals surface area contributed by atoms with Crippen LogP contribution in [0.4, 0.5) is 0 Å². The molecule has 1 aromatic rings. The standard InChI is InChI=1S/C11H13N3O3/c1-4-6-7-8(10(15)14-6)12-5(2)13-9(7)11(16)17-3/h6H,4H2,1-3H3,(H,14,15). The zero-order valence-corrected chi connectivity index (χ0v) is 9.90. The van der Waals surface area contributed by atoms with Crippen molar-refractivity contribution in [3.63, 3.8) is 0 Å². The molecule has 0 saturated carbocycles. The molecule has 1 aromatic heterocycles. The van der Waals surface area contributed by atoms with Crippen LogP contribution in [0.2, 0.25) is 0 Å². The molecule has 0 bridgehead atoms. The van der Waals surface area contributed by atoms with E-state index in [2.05, 4.69) is 20.0 Å². The van der Waals surface area contributed by atoms with Crippen LogP contribution in [-0.4, -0.2) is 29.0 Å². The maximum Gasteiger partial charge on any atom is 0.357 e. The number of aryl methyl sites for hydroxylation is 1. The van der Waals surface area contributed by atoms with Gasteiger partial charge in [0.25, 0.3) is 5.91 Å². The monoisotopic (exact) mass is 235 g/mol. The minimum Gasteiger partial charge on any atom is -0.464 e. The third-order valence-electron chi connectivity index (χ3n) is 2.71. The van der Waals surface area contributed by atoms with Gasteiger partial charge in [0.05, 0.1) is 13.2 Å². The van der Waals surface area contributed by atoms with Crippen molar-refractivity contribution >= 4 is 11.9 Å².